The number of rotatable bonds is 3. The van der Waals surface area contributed by atoms with Gasteiger partial charge in [-0.15, -0.1) is 12.6 Å². The molecule has 0 aliphatic rings. The Morgan fingerprint density at radius 3 is 2.78 bits per heavy atom. The molecule has 1 N–H and O–H groups in total. The van der Waals surface area contributed by atoms with Crippen molar-refractivity contribution in [1.29, 1.82) is 0 Å². The predicted octanol–water partition coefficient (Wildman–Crippen LogP) is 2.86. The number of nitrogens with zero attached hydrogens (tertiary/aromatic N) is 1. The molecule has 3 nitrogen and oxygen atoms in total. The summed E-state index contributed by atoms with van der Waals surface area (Å²) in [4.78, 5) is 17.0. The van der Waals surface area contributed by atoms with E-state index < -0.39 is 0 Å². The number of hydrogen-bond donors (Lipinski definition) is 2. The van der Waals surface area contributed by atoms with Crippen LogP contribution >= 0.6 is 12.6 Å². The Labute approximate surface area is 112 Å². The number of aromatic nitrogens is 1. The molecule has 1 atom stereocenters. The van der Waals surface area contributed by atoms with Gasteiger partial charge < -0.3 is 5.32 Å². The Morgan fingerprint density at radius 1 is 1.28 bits per heavy atom. The fraction of sp³-hybridized carbons (Fsp3) is 0.143. The van der Waals surface area contributed by atoms with Crippen LogP contribution in [0.5, 0.6) is 0 Å². The summed E-state index contributed by atoms with van der Waals surface area (Å²) in [7, 11) is 0. The Hall–Kier alpha value is -1.81. The zero-order valence-electron chi connectivity index (χ0n) is 10.00. The van der Waals surface area contributed by atoms with Crippen molar-refractivity contribution in [3.05, 3.63) is 59.9 Å². The number of nitrogens with one attached hydrogen (secondary N) is 1. The second-order valence-electron chi connectivity index (χ2n) is 4.00. The van der Waals surface area contributed by atoms with Crippen LogP contribution in [0.25, 0.3) is 0 Å². The molecule has 1 heterocycles. The highest BCUT2D eigenvalue weighted by Gasteiger charge is 2.11. The van der Waals surface area contributed by atoms with Crippen LogP contribution < -0.4 is 5.32 Å². The highest BCUT2D eigenvalue weighted by molar-refractivity contribution is 7.80. The first-order chi connectivity index (χ1) is 8.66. The van der Waals surface area contributed by atoms with Crippen LogP contribution in [0.1, 0.15) is 29.0 Å². The van der Waals surface area contributed by atoms with E-state index in [1.807, 2.05) is 37.3 Å². The van der Waals surface area contributed by atoms with Crippen molar-refractivity contribution in [2.45, 2.75) is 17.9 Å². The van der Waals surface area contributed by atoms with Crippen molar-refractivity contribution < 1.29 is 4.79 Å². The molecule has 1 amide bonds. The minimum absolute atomic E-state index is 0.121. The Kier molecular flexibility index (Phi) is 3.99. The summed E-state index contributed by atoms with van der Waals surface area (Å²) in [6.45, 7) is 1.91. The van der Waals surface area contributed by atoms with Crippen LogP contribution in [0.2, 0.25) is 0 Å². The SMILES string of the molecule is CC(NC(=O)c1cccc(S)c1)c1ccccn1. The summed E-state index contributed by atoms with van der Waals surface area (Å²) < 4.78 is 0. The van der Waals surface area contributed by atoms with Gasteiger partial charge in [0.2, 0.25) is 0 Å². The molecule has 0 saturated heterocycles. The van der Waals surface area contributed by atoms with Crippen molar-refractivity contribution in [2.75, 3.05) is 0 Å². The zero-order chi connectivity index (χ0) is 13.0. The fourth-order valence-electron chi connectivity index (χ4n) is 1.63. The number of carbonyl (C=O) groups is 1. The predicted molar refractivity (Wildman–Crippen MR) is 73.8 cm³/mol. The summed E-state index contributed by atoms with van der Waals surface area (Å²) in [5.74, 6) is -0.121. The van der Waals surface area contributed by atoms with E-state index in [-0.39, 0.29) is 11.9 Å². The number of benzene rings is 1. The number of carbonyl (C=O) groups excluding carboxylic acids is 1. The van der Waals surface area contributed by atoms with Crippen molar-refractivity contribution in [3.63, 3.8) is 0 Å². The Balaban J connectivity index is 2.08. The van der Waals surface area contributed by atoms with Crippen LogP contribution in [-0.2, 0) is 0 Å². The summed E-state index contributed by atoms with van der Waals surface area (Å²) >= 11 is 4.22. The standard InChI is InChI=1S/C14H14N2OS/c1-10(13-7-2-3-8-15-13)16-14(17)11-5-4-6-12(18)9-11/h2-10,18H,1H3,(H,16,17). The average molecular weight is 258 g/mol. The molecule has 4 heteroatoms. The molecule has 0 fully saturated rings. The first kappa shape index (κ1) is 12.6. The Bertz CT molecular complexity index is 543. The van der Waals surface area contributed by atoms with Crippen LogP contribution in [0, 0.1) is 0 Å². The van der Waals surface area contributed by atoms with Crippen molar-refractivity contribution in [1.82, 2.24) is 10.3 Å². The van der Waals surface area contributed by atoms with Crippen molar-refractivity contribution in [3.8, 4) is 0 Å². The highest BCUT2D eigenvalue weighted by Crippen LogP contribution is 2.12. The minimum atomic E-state index is -0.123. The quantitative estimate of drug-likeness (QED) is 0.831. The number of pyridine rings is 1. The molecule has 2 rings (SSSR count). The lowest BCUT2D eigenvalue weighted by Crippen LogP contribution is -2.27. The molecule has 1 aromatic carbocycles. The van der Waals surface area contributed by atoms with E-state index in [9.17, 15) is 4.79 Å². The van der Waals surface area contributed by atoms with E-state index in [1.165, 1.54) is 0 Å². The molecule has 0 aliphatic heterocycles. The summed E-state index contributed by atoms with van der Waals surface area (Å²) in [5, 5.41) is 2.90. The maximum Gasteiger partial charge on any atom is 0.251 e. The van der Waals surface area contributed by atoms with Crippen LogP contribution in [0.4, 0.5) is 0 Å². The molecule has 0 bridgehead atoms. The van der Waals surface area contributed by atoms with E-state index >= 15 is 0 Å². The van der Waals surface area contributed by atoms with E-state index in [0.717, 1.165) is 10.6 Å². The fourth-order valence-corrected chi connectivity index (χ4v) is 1.86. The topological polar surface area (TPSA) is 42.0 Å². The second kappa shape index (κ2) is 5.69. The number of amides is 1. The lowest BCUT2D eigenvalue weighted by molar-refractivity contribution is 0.0939. The van der Waals surface area contributed by atoms with Gasteiger partial charge in [-0.3, -0.25) is 9.78 Å². The van der Waals surface area contributed by atoms with Crippen molar-refractivity contribution in [2.24, 2.45) is 0 Å². The highest BCUT2D eigenvalue weighted by atomic mass is 32.1. The minimum Gasteiger partial charge on any atom is -0.344 e. The molecule has 0 saturated carbocycles. The first-order valence-electron chi connectivity index (χ1n) is 5.67. The maximum atomic E-state index is 12.0. The van der Waals surface area contributed by atoms with Gasteiger partial charge in [0.15, 0.2) is 0 Å². The zero-order valence-corrected chi connectivity index (χ0v) is 10.9. The number of thiol groups is 1. The number of hydrogen-bond acceptors (Lipinski definition) is 3. The van der Waals surface area contributed by atoms with Crippen molar-refractivity contribution >= 4 is 18.5 Å². The molecule has 2 aromatic rings. The third-order valence-electron chi connectivity index (χ3n) is 2.59. The summed E-state index contributed by atoms with van der Waals surface area (Å²) in [5.41, 5.74) is 1.44. The largest absolute Gasteiger partial charge is 0.344 e. The van der Waals surface area contributed by atoms with E-state index in [0.29, 0.717) is 5.56 Å². The molecule has 1 unspecified atom stereocenters. The van der Waals surface area contributed by atoms with Gasteiger partial charge in [-0.2, -0.15) is 0 Å². The van der Waals surface area contributed by atoms with Gasteiger partial charge in [0.1, 0.15) is 0 Å². The van der Waals surface area contributed by atoms with Gasteiger partial charge in [-0.1, -0.05) is 12.1 Å². The lowest BCUT2D eigenvalue weighted by Gasteiger charge is -2.13. The van der Waals surface area contributed by atoms with Gasteiger partial charge in [0.05, 0.1) is 11.7 Å². The lowest BCUT2D eigenvalue weighted by atomic mass is 10.1. The van der Waals surface area contributed by atoms with E-state index in [4.69, 9.17) is 0 Å². The van der Waals surface area contributed by atoms with E-state index in [1.54, 1.807) is 18.3 Å². The molecular weight excluding hydrogens is 244 g/mol. The van der Waals surface area contributed by atoms with Gasteiger partial charge in [-0.25, -0.2) is 0 Å². The third kappa shape index (κ3) is 3.11. The van der Waals surface area contributed by atoms with Gasteiger partial charge in [-0.05, 0) is 37.3 Å². The second-order valence-corrected chi connectivity index (χ2v) is 4.52. The molecular formula is C14H14N2OS. The van der Waals surface area contributed by atoms with Gasteiger partial charge in [0, 0.05) is 16.7 Å². The molecule has 0 spiro atoms. The van der Waals surface area contributed by atoms with Crippen LogP contribution in [0.15, 0.2) is 53.6 Å². The van der Waals surface area contributed by atoms with Crippen LogP contribution in [0.3, 0.4) is 0 Å². The molecule has 0 aliphatic carbocycles. The normalized spacial score (nSPS) is 11.9. The summed E-state index contributed by atoms with van der Waals surface area (Å²) in [6, 6.07) is 12.7. The summed E-state index contributed by atoms with van der Waals surface area (Å²) in [6.07, 6.45) is 1.71. The molecule has 0 radical (unpaired) electrons. The first-order valence-corrected chi connectivity index (χ1v) is 6.12. The van der Waals surface area contributed by atoms with E-state index in [2.05, 4.69) is 22.9 Å². The molecule has 1 aromatic heterocycles. The van der Waals surface area contributed by atoms with Gasteiger partial charge >= 0.3 is 0 Å². The monoisotopic (exact) mass is 258 g/mol. The van der Waals surface area contributed by atoms with Gasteiger partial charge in [0.25, 0.3) is 5.91 Å². The third-order valence-corrected chi connectivity index (χ3v) is 2.87. The van der Waals surface area contributed by atoms with Crippen LogP contribution in [-0.4, -0.2) is 10.9 Å². The smallest absolute Gasteiger partial charge is 0.251 e. The Morgan fingerprint density at radius 2 is 2.11 bits per heavy atom. The molecule has 92 valence electrons. The maximum absolute atomic E-state index is 12.0. The molecule has 18 heavy (non-hydrogen) atoms. The average Bonchev–Trinajstić information content (AvgIpc) is 2.39.